The quantitative estimate of drug-likeness (QED) is 0.736. The molecule has 1 aliphatic heterocycles. The number of aliphatic carboxylic acids is 1. The van der Waals surface area contributed by atoms with Crippen LogP contribution in [-0.4, -0.2) is 41.5 Å². The molecule has 0 spiro atoms. The van der Waals surface area contributed by atoms with Crippen LogP contribution in [0.25, 0.3) is 0 Å². The van der Waals surface area contributed by atoms with Crippen LogP contribution in [0.1, 0.15) is 37.3 Å². The van der Waals surface area contributed by atoms with E-state index in [-0.39, 0.29) is 17.4 Å². The zero-order valence-electron chi connectivity index (χ0n) is 17.1. The number of carbonyl (C=O) groups is 2. The van der Waals surface area contributed by atoms with Gasteiger partial charge in [-0.2, -0.15) is 0 Å². The summed E-state index contributed by atoms with van der Waals surface area (Å²) in [5, 5.41) is 13.8. The molecule has 1 saturated carbocycles. The number of carbonyl (C=O) groups excluding carboxylic acids is 1. The highest BCUT2D eigenvalue weighted by Gasteiger charge is 2.61. The van der Waals surface area contributed by atoms with Gasteiger partial charge in [0.15, 0.2) is 0 Å². The van der Waals surface area contributed by atoms with E-state index in [1.54, 1.807) is 19.1 Å². The number of hydrogen-bond donors (Lipinski definition) is 2. The van der Waals surface area contributed by atoms with Crippen LogP contribution < -0.4 is 5.32 Å². The van der Waals surface area contributed by atoms with E-state index in [4.69, 9.17) is 11.6 Å². The van der Waals surface area contributed by atoms with Crippen LogP contribution in [0, 0.1) is 5.92 Å². The maximum absolute atomic E-state index is 12.1. The van der Waals surface area contributed by atoms with Crippen molar-refractivity contribution in [3.8, 4) is 0 Å². The number of amides is 1. The third kappa shape index (κ3) is 3.84. The predicted octanol–water partition coefficient (Wildman–Crippen LogP) is 3.81. The van der Waals surface area contributed by atoms with E-state index < -0.39 is 11.4 Å². The maximum atomic E-state index is 12.1. The van der Waals surface area contributed by atoms with Crippen LogP contribution in [0.2, 0.25) is 5.02 Å². The third-order valence-corrected chi connectivity index (χ3v) is 7.03. The Hall–Kier alpha value is -2.37. The Morgan fingerprint density at radius 1 is 1.07 bits per heavy atom. The minimum absolute atomic E-state index is 0.0258. The van der Waals surface area contributed by atoms with E-state index in [0.29, 0.717) is 11.4 Å². The Kier molecular flexibility index (Phi) is 5.60. The summed E-state index contributed by atoms with van der Waals surface area (Å²) in [5.74, 6) is -0.702. The van der Waals surface area contributed by atoms with Crippen molar-refractivity contribution in [2.24, 2.45) is 5.92 Å². The fourth-order valence-electron chi connectivity index (χ4n) is 5.05. The van der Waals surface area contributed by atoms with Gasteiger partial charge >= 0.3 is 5.97 Å². The Labute approximate surface area is 182 Å². The van der Waals surface area contributed by atoms with Crippen LogP contribution in [0.3, 0.4) is 0 Å². The highest BCUT2D eigenvalue weighted by atomic mass is 35.5. The van der Waals surface area contributed by atoms with Crippen molar-refractivity contribution < 1.29 is 14.7 Å². The van der Waals surface area contributed by atoms with E-state index in [2.05, 4.69) is 22.3 Å². The average Bonchev–Trinajstić information content (AvgIpc) is 3.45. The lowest BCUT2D eigenvalue weighted by Crippen LogP contribution is -2.53. The second-order valence-corrected chi connectivity index (χ2v) is 9.05. The van der Waals surface area contributed by atoms with Crippen LogP contribution in [0.5, 0.6) is 0 Å². The topological polar surface area (TPSA) is 69.6 Å². The van der Waals surface area contributed by atoms with E-state index in [1.165, 1.54) is 0 Å². The molecule has 1 saturated heterocycles. The van der Waals surface area contributed by atoms with Gasteiger partial charge in [0.25, 0.3) is 0 Å². The van der Waals surface area contributed by atoms with Crippen LogP contribution in [-0.2, 0) is 20.5 Å². The first-order chi connectivity index (χ1) is 14.4. The molecular formula is C24H27ClN2O3. The molecule has 1 amide bonds. The molecular weight excluding hydrogens is 400 g/mol. The first-order valence-corrected chi connectivity index (χ1v) is 10.8. The Bertz CT molecular complexity index is 923. The van der Waals surface area contributed by atoms with Gasteiger partial charge in [0.05, 0.1) is 11.0 Å². The molecule has 2 atom stereocenters. The number of likely N-dealkylation sites (tertiary alicyclic amines) is 1. The van der Waals surface area contributed by atoms with Gasteiger partial charge in [0.2, 0.25) is 5.91 Å². The van der Waals surface area contributed by atoms with E-state index in [0.717, 1.165) is 43.6 Å². The number of carboxylic acids is 1. The lowest BCUT2D eigenvalue weighted by Gasteiger charge is -2.43. The van der Waals surface area contributed by atoms with Gasteiger partial charge in [0.1, 0.15) is 0 Å². The van der Waals surface area contributed by atoms with Crippen molar-refractivity contribution in [2.45, 2.75) is 37.1 Å². The monoisotopic (exact) mass is 426 g/mol. The average molecular weight is 427 g/mol. The first-order valence-electron chi connectivity index (χ1n) is 10.4. The van der Waals surface area contributed by atoms with Gasteiger partial charge in [-0.25, -0.2) is 0 Å². The molecule has 158 valence electrons. The normalized spacial score (nSPS) is 25.5. The molecule has 2 aromatic carbocycles. The minimum Gasteiger partial charge on any atom is -0.481 e. The van der Waals surface area contributed by atoms with Crippen molar-refractivity contribution >= 4 is 23.5 Å². The molecule has 1 unspecified atom stereocenters. The summed E-state index contributed by atoms with van der Waals surface area (Å²) < 4.78 is 0. The molecule has 1 aliphatic carbocycles. The van der Waals surface area contributed by atoms with Gasteiger partial charge in [0, 0.05) is 31.6 Å². The second-order valence-electron chi connectivity index (χ2n) is 8.61. The summed E-state index contributed by atoms with van der Waals surface area (Å²) >= 11 is 5.98. The molecule has 0 aromatic heterocycles. The molecule has 0 radical (unpaired) electrons. The smallest absolute Gasteiger partial charge is 0.314 e. The lowest BCUT2D eigenvalue weighted by atomic mass is 9.80. The fourth-order valence-corrected chi connectivity index (χ4v) is 5.17. The van der Waals surface area contributed by atoms with E-state index in [9.17, 15) is 14.7 Å². The van der Waals surface area contributed by atoms with Crippen molar-refractivity contribution in [3.05, 3.63) is 70.7 Å². The first kappa shape index (κ1) is 20.9. The molecule has 5 nitrogen and oxygen atoms in total. The number of halogens is 1. The molecule has 2 aliphatic rings. The molecule has 0 bridgehead atoms. The second kappa shape index (κ2) is 8.05. The third-order valence-electron chi connectivity index (χ3n) is 6.78. The summed E-state index contributed by atoms with van der Waals surface area (Å²) in [7, 11) is 0. The standard InChI is InChI=1S/C24H27ClN2O3/c1-17(28)26-23(18-5-3-2-4-6-18)11-13-27(14-12-23)16-20-15-24(20,22(29)30)19-7-9-21(25)10-8-19/h2-10,20H,11-16H2,1H3,(H,26,28)(H,29,30)/t20-,24?/m0/s1. The summed E-state index contributed by atoms with van der Waals surface area (Å²) in [6.07, 6.45) is 2.27. The minimum atomic E-state index is -0.809. The molecule has 1 heterocycles. The molecule has 6 heteroatoms. The molecule has 2 aromatic rings. The highest BCUT2D eigenvalue weighted by Crippen LogP contribution is 2.55. The van der Waals surface area contributed by atoms with Crippen LogP contribution in [0.4, 0.5) is 0 Å². The Morgan fingerprint density at radius 2 is 1.70 bits per heavy atom. The number of hydrogen-bond acceptors (Lipinski definition) is 3. The number of piperidine rings is 1. The zero-order valence-corrected chi connectivity index (χ0v) is 17.9. The summed E-state index contributed by atoms with van der Waals surface area (Å²) in [6, 6.07) is 17.3. The van der Waals surface area contributed by atoms with Crippen molar-refractivity contribution in [1.82, 2.24) is 10.2 Å². The Morgan fingerprint density at radius 3 is 2.27 bits per heavy atom. The SMILES string of the molecule is CC(=O)NC1(c2ccccc2)CCN(C[C@@H]2CC2(C(=O)O)c2ccc(Cl)cc2)CC1. The van der Waals surface area contributed by atoms with Gasteiger partial charge in [-0.3, -0.25) is 9.59 Å². The van der Waals surface area contributed by atoms with Gasteiger partial charge < -0.3 is 15.3 Å². The number of rotatable bonds is 6. The Balaban J connectivity index is 1.45. The predicted molar refractivity (Wildman–Crippen MR) is 116 cm³/mol. The van der Waals surface area contributed by atoms with Crippen molar-refractivity contribution in [3.63, 3.8) is 0 Å². The number of nitrogens with one attached hydrogen (secondary N) is 1. The molecule has 30 heavy (non-hydrogen) atoms. The highest BCUT2D eigenvalue weighted by molar-refractivity contribution is 6.30. The summed E-state index contributed by atoms with van der Waals surface area (Å²) in [6.45, 7) is 3.96. The molecule has 2 N–H and O–H groups in total. The largest absolute Gasteiger partial charge is 0.481 e. The van der Waals surface area contributed by atoms with E-state index in [1.807, 2.05) is 30.3 Å². The zero-order chi connectivity index (χ0) is 21.4. The summed E-state index contributed by atoms with van der Waals surface area (Å²) in [4.78, 5) is 26.4. The van der Waals surface area contributed by atoms with Crippen LogP contribution in [0.15, 0.2) is 54.6 Å². The lowest BCUT2D eigenvalue weighted by molar-refractivity contribution is -0.140. The van der Waals surface area contributed by atoms with E-state index >= 15 is 0 Å². The van der Waals surface area contributed by atoms with Gasteiger partial charge in [-0.15, -0.1) is 0 Å². The van der Waals surface area contributed by atoms with Crippen molar-refractivity contribution in [1.29, 1.82) is 0 Å². The van der Waals surface area contributed by atoms with Crippen molar-refractivity contribution in [2.75, 3.05) is 19.6 Å². The van der Waals surface area contributed by atoms with Gasteiger partial charge in [-0.05, 0) is 48.4 Å². The number of carboxylic acid groups (broad SMARTS) is 1. The number of nitrogens with zero attached hydrogens (tertiary/aromatic N) is 1. The van der Waals surface area contributed by atoms with Gasteiger partial charge in [-0.1, -0.05) is 54.1 Å². The maximum Gasteiger partial charge on any atom is 0.314 e. The van der Waals surface area contributed by atoms with Crippen LogP contribution >= 0.6 is 11.6 Å². The molecule has 2 fully saturated rings. The fraction of sp³-hybridized carbons (Fsp3) is 0.417. The number of benzene rings is 2. The molecule has 4 rings (SSSR count). The summed E-state index contributed by atoms with van der Waals surface area (Å²) in [5.41, 5.74) is 0.800.